The molecule has 4 aliphatic rings. The quantitative estimate of drug-likeness (QED) is 0.393. The van der Waals surface area contributed by atoms with Crippen LogP contribution in [0.5, 0.6) is 5.75 Å². The number of carbonyl (C=O) groups is 1. The molecular weight excluding hydrogens is 368 g/mol. The van der Waals surface area contributed by atoms with Gasteiger partial charge in [0, 0.05) is 11.8 Å². The highest BCUT2D eigenvalue weighted by Gasteiger charge is 2.51. The van der Waals surface area contributed by atoms with Crippen molar-refractivity contribution in [2.75, 3.05) is 0 Å². The molecule has 30 heavy (non-hydrogen) atoms. The summed E-state index contributed by atoms with van der Waals surface area (Å²) in [5.74, 6) is 1.10. The molecule has 2 heteroatoms. The average molecular weight is 395 g/mol. The zero-order valence-corrected chi connectivity index (χ0v) is 17.3. The molecule has 3 aromatic rings. The van der Waals surface area contributed by atoms with Crippen LogP contribution in [-0.2, 0) is 17.6 Å². The minimum atomic E-state index is -0.153. The Morgan fingerprint density at radius 1 is 0.767 bits per heavy atom. The Bertz CT molecular complexity index is 1100. The van der Waals surface area contributed by atoms with Crippen molar-refractivity contribution in [1.29, 1.82) is 0 Å². The highest BCUT2D eigenvalue weighted by atomic mass is 16.5. The number of benzene rings is 3. The van der Waals surface area contributed by atoms with Crippen molar-refractivity contribution < 1.29 is 9.53 Å². The molecule has 0 fully saturated rings. The van der Waals surface area contributed by atoms with Gasteiger partial charge in [0.05, 0.1) is 5.92 Å². The van der Waals surface area contributed by atoms with Gasteiger partial charge in [-0.25, -0.2) is 0 Å². The Morgan fingerprint density at radius 3 is 2.03 bits per heavy atom. The largest absolute Gasteiger partial charge is 0.426 e. The van der Waals surface area contributed by atoms with Crippen LogP contribution in [0.25, 0.3) is 0 Å². The van der Waals surface area contributed by atoms with Crippen molar-refractivity contribution in [2.24, 2.45) is 11.8 Å². The van der Waals surface area contributed by atoms with Gasteiger partial charge in [-0.3, -0.25) is 4.79 Å². The summed E-state index contributed by atoms with van der Waals surface area (Å²) in [5.41, 5.74) is 7.96. The summed E-state index contributed by atoms with van der Waals surface area (Å²) < 4.78 is 6.17. The van der Waals surface area contributed by atoms with Crippen molar-refractivity contribution in [3.63, 3.8) is 0 Å². The van der Waals surface area contributed by atoms with Crippen molar-refractivity contribution in [3.05, 3.63) is 100 Å². The molecule has 3 aromatic carbocycles. The molecule has 2 nitrogen and oxygen atoms in total. The third-order valence-electron chi connectivity index (χ3n) is 7.62. The summed E-state index contributed by atoms with van der Waals surface area (Å²) in [4.78, 5) is 13.7. The van der Waals surface area contributed by atoms with E-state index >= 15 is 0 Å². The molecule has 0 saturated heterocycles. The molecule has 2 unspecified atom stereocenters. The molecule has 0 aliphatic heterocycles. The fourth-order valence-electron chi connectivity index (χ4n) is 6.32. The molecule has 0 heterocycles. The molecule has 0 radical (unpaired) electrons. The first-order valence-electron chi connectivity index (χ1n) is 11.2. The Morgan fingerprint density at radius 2 is 1.37 bits per heavy atom. The van der Waals surface area contributed by atoms with E-state index in [0.717, 1.165) is 18.6 Å². The average Bonchev–Trinajstić information content (AvgIpc) is 2.79. The lowest BCUT2D eigenvalue weighted by Crippen LogP contribution is -2.44. The molecule has 7 rings (SSSR count). The van der Waals surface area contributed by atoms with Gasteiger partial charge < -0.3 is 4.74 Å². The number of hydrogen-bond acceptors (Lipinski definition) is 2. The van der Waals surface area contributed by atoms with E-state index < -0.39 is 0 Å². The maximum atomic E-state index is 13.7. The zero-order valence-electron chi connectivity index (χ0n) is 17.3. The van der Waals surface area contributed by atoms with Crippen molar-refractivity contribution in [2.45, 2.75) is 44.4 Å². The summed E-state index contributed by atoms with van der Waals surface area (Å²) in [7, 11) is 0. The summed E-state index contributed by atoms with van der Waals surface area (Å²) in [6.07, 6.45) is 4.50. The maximum Gasteiger partial charge on any atom is 0.315 e. The first-order chi connectivity index (χ1) is 14.7. The topological polar surface area (TPSA) is 26.3 Å². The fourth-order valence-corrected chi connectivity index (χ4v) is 6.32. The van der Waals surface area contributed by atoms with E-state index in [4.69, 9.17) is 4.74 Å². The Balaban J connectivity index is 1.42. The van der Waals surface area contributed by atoms with Gasteiger partial charge in [-0.15, -0.1) is 0 Å². The van der Waals surface area contributed by atoms with Crippen LogP contribution in [0.3, 0.4) is 0 Å². The molecule has 0 amide bonds. The third-order valence-corrected chi connectivity index (χ3v) is 7.62. The van der Waals surface area contributed by atoms with Gasteiger partial charge in [-0.2, -0.15) is 0 Å². The SMILES string of the molecule is CC1C2c3ccccc3C(c3ccccc32)C1C(=O)Oc1cccc2c1CCCC2. The van der Waals surface area contributed by atoms with E-state index in [1.165, 1.54) is 46.2 Å². The van der Waals surface area contributed by atoms with Gasteiger partial charge in [0.1, 0.15) is 5.75 Å². The highest BCUT2D eigenvalue weighted by molar-refractivity contribution is 5.80. The number of ether oxygens (including phenoxy) is 1. The van der Waals surface area contributed by atoms with Crippen LogP contribution in [0.15, 0.2) is 66.7 Å². The summed E-state index contributed by atoms with van der Waals surface area (Å²) in [6.45, 7) is 2.23. The van der Waals surface area contributed by atoms with Gasteiger partial charge in [0.2, 0.25) is 0 Å². The van der Waals surface area contributed by atoms with Gasteiger partial charge in [0.25, 0.3) is 0 Å². The van der Waals surface area contributed by atoms with Crippen molar-refractivity contribution in [3.8, 4) is 5.75 Å². The van der Waals surface area contributed by atoms with E-state index in [1.54, 1.807) is 0 Å². The number of rotatable bonds is 2. The highest BCUT2D eigenvalue weighted by Crippen LogP contribution is 2.58. The van der Waals surface area contributed by atoms with Crippen LogP contribution in [0, 0.1) is 11.8 Å². The molecule has 4 aliphatic carbocycles. The van der Waals surface area contributed by atoms with Crippen LogP contribution < -0.4 is 4.74 Å². The second-order valence-corrected chi connectivity index (χ2v) is 9.12. The van der Waals surface area contributed by atoms with E-state index in [1.807, 2.05) is 12.1 Å². The van der Waals surface area contributed by atoms with Crippen LogP contribution in [0.1, 0.15) is 65.0 Å². The molecule has 0 N–H and O–H groups in total. The lowest BCUT2D eigenvalue weighted by molar-refractivity contribution is -0.142. The molecule has 150 valence electrons. The molecule has 0 aromatic heterocycles. The summed E-state index contributed by atoms with van der Waals surface area (Å²) >= 11 is 0. The van der Waals surface area contributed by atoms with Crippen LogP contribution in [0.2, 0.25) is 0 Å². The normalized spacial score (nSPS) is 25.8. The van der Waals surface area contributed by atoms with E-state index in [0.29, 0.717) is 0 Å². The number of esters is 1. The first-order valence-corrected chi connectivity index (χ1v) is 11.2. The predicted octanol–water partition coefficient (Wildman–Crippen LogP) is 6.01. The number of hydrogen-bond donors (Lipinski definition) is 0. The van der Waals surface area contributed by atoms with E-state index in [2.05, 4.69) is 61.5 Å². The maximum absolute atomic E-state index is 13.7. The second-order valence-electron chi connectivity index (χ2n) is 9.12. The lowest BCUT2D eigenvalue weighted by Gasteiger charge is -2.48. The van der Waals surface area contributed by atoms with Crippen molar-refractivity contribution >= 4 is 5.97 Å². The minimum absolute atomic E-state index is 0.0690. The number of aryl methyl sites for hydroxylation is 1. The number of fused-ring (bicyclic) bond motifs is 2. The smallest absolute Gasteiger partial charge is 0.315 e. The van der Waals surface area contributed by atoms with Gasteiger partial charge in [0.15, 0.2) is 0 Å². The molecule has 0 saturated carbocycles. The summed E-state index contributed by atoms with van der Waals surface area (Å²) in [6, 6.07) is 23.6. The Labute approximate surface area is 177 Å². The standard InChI is InChI=1S/C28H26O2/c1-17-25-20-12-4-6-14-22(20)27(23-15-7-5-13-21(23)25)26(17)28(29)30-24-16-8-10-18-9-2-3-11-19(18)24/h4-8,10,12-17,25-27H,2-3,9,11H2,1H3. The van der Waals surface area contributed by atoms with E-state index in [-0.39, 0.29) is 29.6 Å². The fraction of sp³-hybridized carbons (Fsp3) is 0.321. The van der Waals surface area contributed by atoms with E-state index in [9.17, 15) is 4.79 Å². The molecule has 2 atom stereocenters. The van der Waals surface area contributed by atoms with Crippen LogP contribution in [-0.4, -0.2) is 5.97 Å². The van der Waals surface area contributed by atoms with Gasteiger partial charge >= 0.3 is 5.97 Å². The first kappa shape index (κ1) is 17.9. The Hall–Kier alpha value is -2.87. The van der Waals surface area contributed by atoms with Gasteiger partial charge in [-0.1, -0.05) is 67.6 Å². The minimum Gasteiger partial charge on any atom is -0.426 e. The van der Waals surface area contributed by atoms with Crippen LogP contribution >= 0.6 is 0 Å². The monoisotopic (exact) mass is 394 g/mol. The Kier molecular flexibility index (Phi) is 4.09. The van der Waals surface area contributed by atoms with Crippen molar-refractivity contribution in [1.82, 2.24) is 0 Å². The van der Waals surface area contributed by atoms with Crippen LogP contribution in [0.4, 0.5) is 0 Å². The third kappa shape index (κ3) is 2.52. The predicted molar refractivity (Wildman–Crippen MR) is 118 cm³/mol. The second kappa shape index (κ2) is 6.84. The zero-order chi connectivity index (χ0) is 20.2. The molecule has 2 bridgehead atoms. The molecule has 0 spiro atoms. The molecular formula is C28H26O2. The number of carbonyl (C=O) groups excluding carboxylic acids is 1. The van der Waals surface area contributed by atoms with Gasteiger partial charge in [-0.05, 0) is 71.0 Å². The summed E-state index contributed by atoms with van der Waals surface area (Å²) in [5, 5.41) is 0. The lowest BCUT2D eigenvalue weighted by atomic mass is 9.54.